The average Bonchev–Trinajstić information content (AvgIpc) is 2.70. The molecule has 0 saturated heterocycles. The van der Waals surface area contributed by atoms with Crippen molar-refractivity contribution in [1.82, 2.24) is 0 Å². The van der Waals surface area contributed by atoms with Crippen LogP contribution in [0.15, 0.2) is 59.1 Å². The van der Waals surface area contributed by atoms with Crippen molar-refractivity contribution in [2.45, 2.75) is 0 Å². The maximum absolute atomic E-state index is 10.5. The van der Waals surface area contributed by atoms with E-state index in [2.05, 4.69) is 22.0 Å². The van der Waals surface area contributed by atoms with Crippen LogP contribution in [-0.2, 0) is 0 Å². The first-order chi connectivity index (χ1) is 13.0. The van der Waals surface area contributed by atoms with Crippen LogP contribution >= 0.6 is 15.9 Å². The summed E-state index contributed by atoms with van der Waals surface area (Å²) >= 11 is 2.97. The Labute approximate surface area is 162 Å². The van der Waals surface area contributed by atoms with Gasteiger partial charge < -0.3 is 20.4 Å². The van der Waals surface area contributed by atoms with Crippen molar-refractivity contribution in [3.63, 3.8) is 0 Å². The van der Waals surface area contributed by atoms with E-state index in [4.69, 9.17) is 0 Å². The summed E-state index contributed by atoms with van der Waals surface area (Å²) in [6.45, 7) is 0. The van der Waals surface area contributed by atoms with Gasteiger partial charge in [-0.2, -0.15) is 0 Å². The van der Waals surface area contributed by atoms with E-state index in [1.165, 1.54) is 0 Å². The smallest absolute Gasteiger partial charge is 0.176 e. The largest absolute Gasteiger partial charge is 0.504 e. The number of phenolic OH excluding ortho intramolecular Hbond substituents is 4. The van der Waals surface area contributed by atoms with Gasteiger partial charge in [0.25, 0.3) is 0 Å². The molecule has 0 aliphatic carbocycles. The Morgan fingerprint density at radius 3 is 1.70 bits per heavy atom. The summed E-state index contributed by atoms with van der Waals surface area (Å²) in [6.07, 6.45) is 0. The zero-order valence-corrected chi connectivity index (χ0v) is 15.4. The molecule has 0 saturated carbocycles. The van der Waals surface area contributed by atoms with Gasteiger partial charge in [-0.25, -0.2) is 0 Å². The molecule has 4 N–H and O–H groups in total. The molecule has 0 spiro atoms. The summed E-state index contributed by atoms with van der Waals surface area (Å²) in [4.78, 5) is 0. The minimum absolute atomic E-state index is 0.00821. The van der Waals surface area contributed by atoms with Crippen molar-refractivity contribution in [1.29, 1.82) is 0 Å². The summed E-state index contributed by atoms with van der Waals surface area (Å²) in [6, 6.07) is 17.8. The van der Waals surface area contributed by atoms with Crippen LogP contribution in [0.3, 0.4) is 0 Å². The highest BCUT2D eigenvalue weighted by Gasteiger charge is 2.25. The van der Waals surface area contributed by atoms with Crippen LogP contribution in [0, 0.1) is 0 Å². The lowest BCUT2D eigenvalue weighted by Gasteiger charge is -2.17. The number of halogens is 1. The molecule has 0 radical (unpaired) electrons. The molecule has 0 amide bonds. The van der Waals surface area contributed by atoms with Crippen molar-refractivity contribution in [3.8, 4) is 34.1 Å². The maximum Gasteiger partial charge on any atom is 0.176 e. The van der Waals surface area contributed by atoms with Gasteiger partial charge in [-0.05, 0) is 53.8 Å². The fourth-order valence-electron chi connectivity index (χ4n) is 3.88. The van der Waals surface area contributed by atoms with E-state index in [0.717, 1.165) is 32.3 Å². The van der Waals surface area contributed by atoms with Crippen LogP contribution < -0.4 is 0 Å². The highest BCUT2D eigenvalue weighted by atomic mass is 79.9. The first-order valence-electron chi connectivity index (χ1n) is 8.31. The van der Waals surface area contributed by atoms with E-state index in [1.807, 2.05) is 42.5 Å². The van der Waals surface area contributed by atoms with Gasteiger partial charge in [0, 0.05) is 0 Å². The molecular formula is C22H13BrO4. The summed E-state index contributed by atoms with van der Waals surface area (Å²) in [5, 5.41) is 47.4. The van der Waals surface area contributed by atoms with Crippen molar-refractivity contribution >= 4 is 48.2 Å². The Balaban J connectivity index is 1.99. The van der Waals surface area contributed by atoms with Gasteiger partial charge >= 0.3 is 0 Å². The number of hydrogen-bond acceptors (Lipinski definition) is 4. The van der Waals surface area contributed by atoms with Gasteiger partial charge in [0.1, 0.15) is 4.47 Å². The molecule has 132 valence electrons. The molecule has 0 heterocycles. The zero-order chi connectivity index (χ0) is 18.9. The van der Waals surface area contributed by atoms with Crippen LogP contribution in [0.2, 0.25) is 0 Å². The zero-order valence-electron chi connectivity index (χ0n) is 13.9. The summed E-state index contributed by atoms with van der Waals surface area (Å²) in [5.41, 5.74) is 0.514. The highest BCUT2D eigenvalue weighted by molar-refractivity contribution is 9.10. The number of benzene rings is 5. The highest BCUT2D eigenvalue weighted by Crippen LogP contribution is 2.55. The minimum atomic E-state index is -0.522. The Kier molecular flexibility index (Phi) is 3.21. The monoisotopic (exact) mass is 420 g/mol. The lowest BCUT2D eigenvalue weighted by atomic mass is 9.89. The van der Waals surface area contributed by atoms with Crippen LogP contribution in [0.25, 0.3) is 43.4 Å². The lowest BCUT2D eigenvalue weighted by Crippen LogP contribution is -1.89. The normalized spacial score (nSPS) is 11.7. The molecule has 5 aromatic carbocycles. The number of hydrogen-bond donors (Lipinski definition) is 4. The molecule has 4 nitrogen and oxygen atoms in total. The van der Waals surface area contributed by atoms with E-state index in [1.54, 1.807) is 6.07 Å². The number of phenols is 4. The Morgan fingerprint density at radius 1 is 0.556 bits per heavy atom. The van der Waals surface area contributed by atoms with E-state index in [-0.39, 0.29) is 10.0 Å². The Bertz CT molecular complexity index is 1330. The SMILES string of the molecule is Oc1c(O)c(-c2ccc3ccc4cccc5ccc2c3c45)c(O)c(O)c1Br. The van der Waals surface area contributed by atoms with E-state index in [9.17, 15) is 20.4 Å². The molecule has 0 unspecified atom stereocenters. The molecule has 27 heavy (non-hydrogen) atoms. The van der Waals surface area contributed by atoms with Crippen LogP contribution in [-0.4, -0.2) is 20.4 Å². The fraction of sp³-hybridized carbons (Fsp3) is 0. The summed E-state index contributed by atoms with van der Waals surface area (Å²) < 4.78 is -0.154. The molecule has 0 fully saturated rings. The Morgan fingerprint density at radius 2 is 1.07 bits per heavy atom. The first kappa shape index (κ1) is 16.0. The predicted molar refractivity (Wildman–Crippen MR) is 110 cm³/mol. The fourth-order valence-corrected chi connectivity index (χ4v) is 4.25. The van der Waals surface area contributed by atoms with Crippen molar-refractivity contribution in [2.24, 2.45) is 0 Å². The van der Waals surface area contributed by atoms with Gasteiger partial charge in [-0.3, -0.25) is 0 Å². The molecular weight excluding hydrogens is 408 g/mol. The average molecular weight is 421 g/mol. The predicted octanol–water partition coefficient (Wildman–Crippen LogP) is 5.84. The topological polar surface area (TPSA) is 80.9 Å². The second-order valence-electron chi connectivity index (χ2n) is 6.55. The maximum atomic E-state index is 10.5. The van der Waals surface area contributed by atoms with Crippen LogP contribution in [0.5, 0.6) is 23.0 Å². The van der Waals surface area contributed by atoms with Crippen LogP contribution in [0.4, 0.5) is 0 Å². The Hall–Kier alpha value is -3.18. The third-order valence-corrected chi connectivity index (χ3v) is 5.89. The molecule has 5 rings (SSSR count). The quantitative estimate of drug-likeness (QED) is 0.156. The second-order valence-corrected chi connectivity index (χ2v) is 7.35. The van der Waals surface area contributed by atoms with Gasteiger partial charge in [-0.1, -0.05) is 54.6 Å². The first-order valence-corrected chi connectivity index (χ1v) is 9.10. The molecule has 0 aromatic heterocycles. The van der Waals surface area contributed by atoms with Gasteiger partial charge in [0.05, 0.1) is 5.56 Å². The standard InChI is InChI=1S/C22H13BrO4/c23-18-21(26)19(24)17(20(25)22(18)27)14-9-7-12-5-4-10-2-1-3-11-6-8-13(14)16(12)15(10)11/h1-9,24-27H. The summed E-state index contributed by atoms with van der Waals surface area (Å²) in [7, 11) is 0. The third-order valence-electron chi connectivity index (χ3n) is 5.14. The molecule has 5 aromatic rings. The molecule has 0 aliphatic rings. The number of aromatic hydroxyl groups is 4. The number of rotatable bonds is 1. The molecule has 0 aliphatic heterocycles. The van der Waals surface area contributed by atoms with E-state index < -0.39 is 23.0 Å². The van der Waals surface area contributed by atoms with Gasteiger partial charge in [0.2, 0.25) is 0 Å². The summed E-state index contributed by atoms with van der Waals surface area (Å²) in [5.74, 6) is -2.03. The van der Waals surface area contributed by atoms with Crippen LogP contribution in [0.1, 0.15) is 0 Å². The molecule has 0 atom stereocenters. The third kappa shape index (κ3) is 2.03. The van der Waals surface area contributed by atoms with Crippen molar-refractivity contribution in [2.75, 3.05) is 0 Å². The molecule has 5 heteroatoms. The van der Waals surface area contributed by atoms with Crippen molar-refractivity contribution < 1.29 is 20.4 Å². The second kappa shape index (κ2) is 5.41. The molecule has 0 bridgehead atoms. The van der Waals surface area contributed by atoms with Crippen molar-refractivity contribution in [3.05, 3.63) is 59.1 Å². The van der Waals surface area contributed by atoms with Gasteiger partial charge in [0.15, 0.2) is 23.0 Å². The van der Waals surface area contributed by atoms with E-state index >= 15 is 0 Å². The van der Waals surface area contributed by atoms with Gasteiger partial charge in [-0.15, -0.1) is 0 Å². The van der Waals surface area contributed by atoms with E-state index in [0.29, 0.717) is 5.56 Å². The minimum Gasteiger partial charge on any atom is -0.504 e. The lowest BCUT2D eigenvalue weighted by molar-refractivity contribution is 0.371.